The Labute approximate surface area is 122 Å². The number of hydrogen-bond donors (Lipinski definition) is 3. The first-order valence-electron chi connectivity index (χ1n) is 7.07. The lowest BCUT2D eigenvalue weighted by atomic mass is 9.96. The summed E-state index contributed by atoms with van der Waals surface area (Å²) in [6.45, 7) is -0.0435. The minimum atomic E-state index is -1.32. The van der Waals surface area contributed by atoms with E-state index in [9.17, 15) is 14.7 Å². The molecule has 21 heavy (non-hydrogen) atoms. The predicted molar refractivity (Wildman–Crippen MR) is 76.2 cm³/mol. The summed E-state index contributed by atoms with van der Waals surface area (Å²) in [6, 6.07) is 5.33. The summed E-state index contributed by atoms with van der Waals surface area (Å²) in [5, 5.41) is 12.1. The average Bonchev–Trinajstić information content (AvgIpc) is 3.29. The fourth-order valence-electron chi connectivity index (χ4n) is 2.60. The summed E-state index contributed by atoms with van der Waals surface area (Å²) in [5.41, 5.74) is 6.44. The van der Waals surface area contributed by atoms with Gasteiger partial charge in [0.2, 0.25) is 5.91 Å². The number of fused-ring (bicyclic) bond motifs is 1. The number of rotatable bonds is 5. The zero-order chi connectivity index (χ0) is 15.0. The molecule has 1 fully saturated rings. The maximum Gasteiger partial charge on any atom is 0.327 e. The second-order valence-electron chi connectivity index (χ2n) is 5.78. The van der Waals surface area contributed by atoms with Gasteiger partial charge in [0, 0.05) is 12.1 Å². The van der Waals surface area contributed by atoms with E-state index in [0.717, 1.165) is 24.1 Å². The van der Waals surface area contributed by atoms with Crippen LogP contribution in [0.4, 0.5) is 5.69 Å². The van der Waals surface area contributed by atoms with Crippen LogP contribution in [0.3, 0.4) is 0 Å². The summed E-state index contributed by atoms with van der Waals surface area (Å²) in [5.74, 6) is -0.430. The number of carbonyl (C=O) groups is 2. The average molecular weight is 290 g/mol. The van der Waals surface area contributed by atoms with Gasteiger partial charge in [0.05, 0.1) is 0 Å². The second-order valence-corrected chi connectivity index (χ2v) is 5.78. The zero-order valence-electron chi connectivity index (χ0n) is 11.6. The highest BCUT2D eigenvalue weighted by molar-refractivity contribution is 5.94. The molecule has 1 aliphatic carbocycles. The number of amides is 1. The Kier molecular flexibility index (Phi) is 3.33. The molecule has 6 heteroatoms. The quantitative estimate of drug-likeness (QED) is 0.755. The van der Waals surface area contributed by atoms with Gasteiger partial charge in [-0.3, -0.25) is 9.59 Å². The van der Waals surface area contributed by atoms with E-state index < -0.39 is 11.5 Å². The second kappa shape index (κ2) is 5.04. The van der Waals surface area contributed by atoms with Crippen LogP contribution in [0.15, 0.2) is 18.2 Å². The van der Waals surface area contributed by atoms with E-state index in [0.29, 0.717) is 18.6 Å². The lowest BCUT2D eigenvalue weighted by Gasteiger charge is -2.25. The van der Waals surface area contributed by atoms with Crippen molar-refractivity contribution in [2.45, 2.75) is 31.2 Å². The molecule has 1 amide bonds. The molecule has 2 aliphatic rings. The van der Waals surface area contributed by atoms with E-state index in [-0.39, 0.29) is 18.4 Å². The number of aryl methyl sites for hydroxylation is 1. The predicted octanol–water partition coefficient (Wildman–Crippen LogP) is 1.14. The summed E-state index contributed by atoms with van der Waals surface area (Å²) < 4.78 is 5.61. The van der Waals surface area contributed by atoms with E-state index >= 15 is 0 Å². The van der Waals surface area contributed by atoms with Crippen LogP contribution in [0.1, 0.15) is 24.8 Å². The SMILES string of the molecule is NC(COc1ccc2c(c1)CCC(=O)N2)(C(=O)O)C1CC1. The third kappa shape index (κ3) is 2.71. The van der Waals surface area contributed by atoms with Crippen LogP contribution in [-0.2, 0) is 16.0 Å². The molecule has 1 aliphatic heterocycles. The fraction of sp³-hybridized carbons (Fsp3) is 0.467. The van der Waals surface area contributed by atoms with E-state index in [1.54, 1.807) is 12.1 Å². The monoisotopic (exact) mass is 290 g/mol. The van der Waals surface area contributed by atoms with Gasteiger partial charge in [-0.2, -0.15) is 0 Å². The number of anilines is 1. The lowest BCUT2D eigenvalue weighted by molar-refractivity contribution is -0.145. The van der Waals surface area contributed by atoms with Gasteiger partial charge in [0.25, 0.3) is 0 Å². The van der Waals surface area contributed by atoms with Gasteiger partial charge in [-0.1, -0.05) is 0 Å². The van der Waals surface area contributed by atoms with Gasteiger partial charge in [0.1, 0.15) is 12.4 Å². The zero-order valence-corrected chi connectivity index (χ0v) is 11.6. The van der Waals surface area contributed by atoms with E-state index in [1.807, 2.05) is 6.07 Å². The van der Waals surface area contributed by atoms with Crippen molar-refractivity contribution < 1.29 is 19.4 Å². The molecule has 6 nitrogen and oxygen atoms in total. The smallest absolute Gasteiger partial charge is 0.327 e. The highest BCUT2D eigenvalue weighted by Gasteiger charge is 2.49. The van der Waals surface area contributed by atoms with Crippen molar-refractivity contribution in [3.63, 3.8) is 0 Å². The molecule has 0 bridgehead atoms. The Hall–Kier alpha value is -2.08. The first-order valence-corrected chi connectivity index (χ1v) is 7.07. The summed E-state index contributed by atoms with van der Waals surface area (Å²) >= 11 is 0. The molecule has 4 N–H and O–H groups in total. The molecular formula is C15H18N2O4. The molecule has 112 valence electrons. The van der Waals surface area contributed by atoms with Crippen LogP contribution in [0.25, 0.3) is 0 Å². The van der Waals surface area contributed by atoms with E-state index in [1.165, 1.54) is 0 Å². The van der Waals surface area contributed by atoms with Crippen molar-refractivity contribution in [1.82, 2.24) is 0 Å². The van der Waals surface area contributed by atoms with Crippen LogP contribution >= 0.6 is 0 Å². The first kappa shape index (κ1) is 13.9. The molecule has 1 atom stereocenters. The van der Waals surface area contributed by atoms with Crippen molar-refractivity contribution in [1.29, 1.82) is 0 Å². The Balaban J connectivity index is 1.71. The van der Waals surface area contributed by atoms with Crippen LogP contribution < -0.4 is 15.8 Å². The largest absolute Gasteiger partial charge is 0.491 e. The molecule has 1 unspecified atom stereocenters. The summed E-state index contributed by atoms with van der Waals surface area (Å²) in [4.78, 5) is 22.6. The van der Waals surface area contributed by atoms with Crippen LogP contribution in [-0.4, -0.2) is 29.1 Å². The highest BCUT2D eigenvalue weighted by Crippen LogP contribution is 2.39. The minimum Gasteiger partial charge on any atom is -0.491 e. The lowest BCUT2D eigenvalue weighted by Crippen LogP contribution is -2.54. The normalized spacial score (nSPS) is 20.1. The molecule has 0 spiro atoms. The number of benzene rings is 1. The molecule has 0 aromatic heterocycles. The Morgan fingerprint density at radius 3 is 2.86 bits per heavy atom. The maximum absolute atomic E-state index is 11.3. The van der Waals surface area contributed by atoms with Gasteiger partial charge in [0.15, 0.2) is 5.54 Å². The maximum atomic E-state index is 11.3. The molecule has 1 saturated carbocycles. The first-order chi connectivity index (χ1) is 9.99. The number of ether oxygens (including phenoxy) is 1. The number of nitrogens with one attached hydrogen (secondary N) is 1. The van der Waals surface area contributed by atoms with E-state index in [4.69, 9.17) is 10.5 Å². The Morgan fingerprint density at radius 1 is 1.43 bits per heavy atom. The van der Waals surface area contributed by atoms with Gasteiger partial charge in [-0.15, -0.1) is 0 Å². The standard InChI is InChI=1S/C15H18N2O4/c16-15(14(19)20,10-2-3-10)8-21-11-4-5-12-9(7-11)1-6-13(18)17-12/h4-5,7,10H,1-3,6,8,16H2,(H,17,18)(H,19,20). The van der Waals surface area contributed by atoms with Crippen LogP contribution in [0.5, 0.6) is 5.75 Å². The molecule has 1 aromatic rings. The number of carboxylic acid groups (broad SMARTS) is 1. The number of aliphatic carboxylic acids is 1. The summed E-state index contributed by atoms with van der Waals surface area (Å²) in [6.07, 6.45) is 2.78. The molecule has 0 radical (unpaired) electrons. The molecular weight excluding hydrogens is 272 g/mol. The topological polar surface area (TPSA) is 102 Å². The van der Waals surface area contributed by atoms with E-state index in [2.05, 4.69) is 5.32 Å². The van der Waals surface area contributed by atoms with Crippen molar-refractivity contribution in [3.8, 4) is 5.75 Å². The number of carboxylic acids is 1. The van der Waals surface area contributed by atoms with Crippen molar-refractivity contribution in [3.05, 3.63) is 23.8 Å². The Morgan fingerprint density at radius 2 is 2.19 bits per heavy atom. The van der Waals surface area contributed by atoms with Gasteiger partial charge < -0.3 is 20.9 Å². The van der Waals surface area contributed by atoms with Gasteiger partial charge in [-0.05, 0) is 48.9 Å². The van der Waals surface area contributed by atoms with Crippen molar-refractivity contribution in [2.24, 2.45) is 11.7 Å². The van der Waals surface area contributed by atoms with Gasteiger partial charge >= 0.3 is 5.97 Å². The third-order valence-electron chi connectivity index (χ3n) is 4.15. The number of hydrogen-bond acceptors (Lipinski definition) is 4. The molecule has 0 saturated heterocycles. The molecule has 1 heterocycles. The molecule has 1 aromatic carbocycles. The number of carbonyl (C=O) groups excluding carboxylic acids is 1. The fourth-order valence-corrected chi connectivity index (χ4v) is 2.60. The molecule has 3 rings (SSSR count). The third-order valence-corrected chi connectivity index (χ3v) is 4.15. The summed E-state index contributed by atoms with van der Waals surface area (Å²) in [7, 11) is 0. The Bertz CT molecular complexity index is 597. The van der Waals surface area contributed by atoms with Crippen molar-refractivity contribution >= 4 is 17.6 Å². The number of nitrogens with two attached hydrogens (primary N) is 1. The van der Waals surface area contributed by atoms with Crippen LogP contribution in [0, 0.1) is 5.92 Å². The highest BCUT2D eigenvalue weighted by atomic mass is 16.5. The minimum absolute atomic E-state index is 0.00749. The van der Waals surface area contributed by atoms with Crippen LogP contribution in [0.2, 0.25) is 0 Å². The van der Waals surface area contributed by atoms with Crippen molar-refractivity contribution in [2.75, 3.05) is 11.9 Å². The van der Waals surface area contributed by atoms with Gasteiger partial charge in [-0.25, -0.2) is 0 Å².